The van der Waals surface area contributed by atoms with E-state index in [1.165, 1.54) is 49.2 Å². The third-order valence-electron chi connectivity index (χ3n) is 7.12. The van der Waals surface area contributed by atoms with Crippen LogP contribution in [0.15, 0.2) is 36.5 Å². The second-order valence-corrected chi connectivity index (χ2v) is 9.17. The lowest BCUT2D eigenvalue weighted by molar-refractivity contribution is -0.686. The summed E-state index contributed by atoms with van der Waals surface area (Å²) < 4.78 is 25.4. The van der Waals surface area contributed by atoms with E-state index in [4.69, 9.17) is 18.9 Å². The zero-order valence-electron chi connectivity index (χ0n) is 20.6. The molecule has 180 valence electrons. The molecule has 2 aliphatic heterocycles. The number of aromatic nitrogens is 1. The van der Waals surface area contributed by atoms with Crippen LogP contribution in [0.5, 0.6) is 23.0 Å². The number of fused-ring (bicyclic) bond motifs is 4. The molecule has 3 aromatic rings. The topological polar surface area (TPSA) is 44.0 Å². The van der Waals surface area contributed by atoms with Crippen LogP contribution in [0.4, 0.5) is 0 Å². The summed E-state index contributed by atoms with van der Waals surface area (Å²) in [7, 11) is 5.09. The van der Waals surface area contributed by atoms with Crippen molar-refractivity contribution >= 4 is 10.8 Å². The van der Waals surface area contributed by atoms with Crippen LogP contribution in [0.2, 0.25) is 0 Å². The third kappa shape index (κ3) is 4.39. The van der Waals surface area contributed by atoms with E-state index in [0.717, 1.165) is 59.7 Å². The van der Waals surface area contributed by atoms with Crippen LogP contribution in [0, 0.1) is 0 Å². The fourth-order valence-electron chi connectivity index (χ4n) is 5.31. The first-order valence-corrected chi connectivity index (χ1v) is 12.4. The highest BCUT2D eigenvalue weighted by Crippen LogP contribution is 2.40. The summed E-state index contributed by atoms with van der Waals surface area (Å²) in [5.41, 5.74) is 3.67. The Labute approximate surface area is 202 Å². The minimum absolute atomic E-state index is 0.695. The van der Waals surface area contributed by atoms with E-state index in [-0.39, 0.29) is 0 Å². The molecule has 1 fully saturated rings. The van der Waals surface area contributed by atoms with Crippen molar-refractivity contribution in [2.45, 2.75) is 38.6 Å². The summed E-state index contributed by atoms with van der Waals surface area (Å²) >= 11 is 0. The summed E-state index contributed by atoms with van der Waals surface area (Å²) in [5.74, 6) is 3.16. The Bertz CT molecular complexity index is 1170. The maximum Gasteiger partial charge on any atom is 0.213 e. The standard InChI is InChI=1S/C28H35N2O4/c1-31-25-9-8-20-16-24-22-18-27(34-15-7-13-29-11-5-4-6-12-29)26(32-2)17-21(22)10-14-30(24)19-23(20)28(25)33-3/h8-9,16-19H,4-7,10-15H2,1-3H3/q+1. The first-order chi connectivity index (χ1) is 16.7. The van der Waals surface area contributed by atoms with E-state index in [1.807, 2.05) is 6.07 Å². The molecule has 0 amide bonds. The number of aryl methyl sites for hydroxylation is 2. The Balaban J connectivity index is 1.42. The molecule has 6 heteroatoms. The zero-order chi connectivity index (χ0) is 23.5. The highest BCUT2D eigenvalue weighted by atomic mass is 16.5. The molecule has 0 radical (unpaired) electrons. The largest absolute Gasteiger partial charge is 0.493 e. The molecule has 0 saturated carbocycles. The van der Waals surface area contributed by atoms with Gasteiger partial charge in [0, 0.05) is 19.0 Å². The molecule has 0 spiro atoms. The molecule has 1 saturated heterocycles. The minimum atomic E-state index is 0.695. The van der Waals surface area contributed by atoms with Gasteiger partial charge in [0.2, 0.25) is 5.69 Å². The van der Waals surface area contributed by atoms with Gasteiger partial charge in [-0.3, -0.25) is 0 Å². The lowest BCUT2D eigenvalue weighted by Crippen LogP contribution is -2.40. The van der Waals surface area contributed by atoms with E-state index in [1.54, 1.807) is 21.3 Å². The number of pyridine rings is 1. The molecule has 2 aromatic carbocycles. The molecule has 2 aliphatic rings. The maximum absolute atomic E-state index is 6.26. The average molecular weight is 464 g/mol. The summed E-state index contributed by atoms with van der Waals surface area (Å²) in [6.07, 6.45) is 8.16. The van der Waals surface area contributed by atoms with Crippen molar-refractivity contribution < 1.29 is 23.5 Å². The first-order valence-electron chi connectivity index (χ1n) is 12.4. The van der Waals surface area contributed by atoms with E-state index >= 15 is 0 Å². The van der Waals surface area contributed by atoms with Crippen LogP contribution < -0.4 is 23.5 Å². The number of likely N-dealkylation sites (tertiary alicyclic amines) is 1. The van der Waals surface area contributed by atoms with Crippen molar-refractivity contribution in [2.24, 2.45) is 0 Å². The minimum Gasteiger partial charge on any atom is -0.493 e. The molecule has 3 heterocycles. The molecular formula is C28H35N2O4+. The van der Waals surface area contributed by atoms with Gasteiger partial charge in [0.05, 0.1) is 38.9 Å². The molecule has 0 atom stereocenters. The lowest BCUT2D eigenvalue weighted by atomic mass is 9.95. The summed E-state index contributed by atoms with van der Waals surface area (Å²) in [6, 6.07) is 10.6. The quantitative estimate of drug-likeness (QED) is 0.360. The molecule has 0 N–H and O–H groups in total. The molecule has 1 aromatic heterocycles. The molecule has 0 unspecified atom stereocenters. The Hall–Kier alpha value is -2.99. The van der Waals surface area contributed by atoms with Crippen LogP contribution in [0.1, 0.15) is 31.2 Å². The second kappa shape index (κ2) is 10.1. The van der Waals surface area contributed by atoms with Gasteiger partial charge in [-0.15, -0.1) is 0 Å². The highest BCUT2D eigenvalue weighted by molar-refractivity contribution is 5.91. The molecule has 5 rings (SSSR count). The van der Waals surface area contributed by atoms with Gasteiger partial charge in [-0.2, -0.15) is 4.57 Å². The van der Waals surface area contributed by atoms with Crippen LogP contribution in [0.25, 0.3) is 22.0 Å². The van der Waals surface area contributed by atoms with E-state index in [9.17, 15) is 0 Å². The maximum atomic E-state index is 6.26. The number of ether oxygens (including phenoxy) is 4. The normalized spacial score (nSPS) is 15.5. The van der Waals surface area contributed by atoms with Gasteiger partial charge in [0.15, 0.2) is 35.7 Å². The smallest absolute Gasteiger partial charge is 0.213 e. The second-order valence-electron chi connectivity index (χ2n) is 9.17. The van der Waals surface area contributed by atoms with Crippen LogP contribution in [-0.2, 0) is 13.0 Å². The van der Waals surface area contributed by atoms with E-state index < -0.39 is 0 Å². The van der Waals surface area contributed by atoms with Gasteiger partial charge in [-0.1, -0.05) is 6.42 Å². The molecule has 0 aliphatic carbocycles. The van der Waals surface area contributed by atoms with Crippen molar-refractivity contribution in [3.63, 3.8) is 0 Å². The SMILES string of the molecule is COc1cc2c(cc1OCCCN1CCCCC1)-c1cc3ccc(OC)c(OC)c3c[n+]1CC2. The summed E-state index contributed by atoms with van der Waals surface area (Å²) in [5, 5.41) is 2.17. The fourth-order valence-corrected chi connectivity index (χ4v) is 5.31. The number of benzene rings is 2. The predicted octanol–water partition coefficient (Wildman–Crippen LogP) is 4.63. The lowest BCUT2D eigenvalue weighted by Gasteiger charge is -2.26. The molecule has 0 bridgehead atoms. The van der Waals surface area contributed by atoms with Crippen molar-refractivity contribution in [1.29, 1.82) is 0 Å². The van der Waals surface area contributed by atoms with Gasteiger partial charge in [0.1, 0.15) is 0 Å². The Morgan fingerprint density at radius 1 is 0.882 bits per heavy atom. The van der Waals surface area contributed by atoms with Crippen LogP contribution >= 0.6 is 0 Å². The van der Waals surface area contributed by atoms with Crippen molar-refractivity contribution in [1.82, 2.24) is 4.90 Å². The number of piperidine rings is 1. The van der Waals surface area contributed by atoms with Gasteiger partial charge < -0.3 is 23.8 Å². The fraction of sp³-hybridized carbons (Fsp3) is 0.464. The number of rotatable bonds is 8. The predicted molar refractivity (Wildman–Crippen MR) is 133 cm³/mol. The van der Waals surface area contributed by atoms with Gasteiger partial charge in [-0.25, -0.2) is 0 Å². The molecule has 6 nitrogen and oxygen atoms in total. The van der Waals surface area contributed by atoms with Crippen molar-refractivity contribution in [3.05, 3.63) is 42.1 Å². The van der Waals surface area contributed by atoms with Crippen LogP contribution in [-0.4, -0.2) is 52.5 Å². The van der Waals surface area contributed by atoms with Crippen molar-refractivity contribution in [2.75, 3.05) is 47.6 Å². The number of nitrogens with zero attached hydrogens (tertiary/aromatic N) is 2. The molecular weight excluding hydrogens is 428 g/mol. The van der Waals surface area contributed by atoms with Crippen LogP contribution in [0.3, 0.4) is 0 Å². The highest BCUT2D eigenvalue weighted by Gasteiger charge is 2.27. The first kappa shape index (κ1) is 22.8. The summed E-state index contributed by atoms with van der Waals surface area (Å²) in [6.45, 7) is 5.14. The molecule has 34 heavy (non-hydrogen) atoms. The number of hydrogen-bond acceptors (Lipinski definition) is 5. The average Bonchev–Trinajstić information content (AvgIpc) is 2.89. The monoisotopic (exact) mass is 463 g/mol. The van der Waals surface area contributed by atoms with E-state index in [2.05, 4.69) is 39.9 Å². The third-order valence-corrected chi connectivity index (χ3v) is 7.12. The zero-order valence-corrected chi connectivity index (χ0v) is 20.6. The van der Waals surface area contributed by atoms with Gasteiger partial charge >= 0.3 is 0 Å². The Kier molecular flexibility index (Phi) is 6.77. The van der Waals surface area contributed by atoms with Gasteiger partial charge in [-0.05, 0) is 67.6 Å². The number of methoxy groups -OCH3 is 3. The summed E-state index contributed by atoms with van der Waals surface area (Å²) in [4.78, 5) is 2.55. The van der Waals surface area contributed by atoms with Gasteiger partial charge in [0.25, 0.3) is 0 Å². The Morgan fingerprint density at radius 3 is 2.47 bits per heavy atom. The number of hydrogen-bond donors (Lipinski definition) is 0. The van der Waals surface area contributed by atoms with E-state index in [0.29, 0.717) is 6.61 Å². The van der Waals surface area contributed by atoms with Crippen molar-refractivity contribution in [3.8, 4) is 34.3 Å². The Morgan fingerprint density at radius 2 is 1.71 bits per heavy atom.